The van der Waals surface area contributed by atoms with Gasteiger partial charge in [0.15, 0.2) is 11.5 Å². The maximum absolute atomic E-state index is 11.3. The minimum Gasteiger partial charge on any atom is -0.493 e. The molecule has 2 aromatic carbocycles. The van der Waals surface area contributed by atoms with Crippen molar-refractivity contribution in [3.63, 3.8) is 0 Å². The molecule has 24 heavy (non-hydrogen) atoms. The second kappa shape index (κ2) is 7.59. The summed E-state index contributed by atoms with van der Waals surface area (Å²) < 4.78 is 21.6. The minimum atomic E-state index is -1.03. The molecule has 0 aliphatic heterocycles. The zero-order valence-corrected chi connectivity index (χ0v) is 14.1. The van der Waals surface area contributed by atoms with Gasteiger partial charge < -0.3 is 24.1 Å². The Morgan fingerprint density at radius 1 is 1.00 bits per heavy atom. The maximum atomic E-state index is 11.3. The molecular weight excluding hydrogens is 312 g/mol. The van der Waals surface area contributed by atoms with E-state index in [1.807, 2.05) is 0 Å². The highest BCUT2D eigenvalue weighted by molar-refractivity contribution is 5.91. The molecule has 1 N–H and O–H groups in total. The maximum Gasteiger partial charge on any atom is 0.339 e. The molecule has 0 amide bonds. The molecule has 0 radical (unpaired) electrons. The molecule has 0 aliphatic carbocycles. The van der Waals surface area contributed by atoms with Gasteiger partial charge in [0.25, 0.3) is 0 Å². The number of methoxy groups -OCH3 is 3. The summed E-state index contributed by atoms with van der Waals surface area (Å²) in [4.78, 5) is 11.3. The fourth-order valence-corrected chi connectivity index (χ4v) is 2.39. The first-order chi connectivity index (χ1) is 11.5. The van der Waals surface area contributed by atoms with Crippen molar-refractivity contribution >= 4 is 5.97 Å². The summed E-state index contributed by atoms with van der Waals surface area (Å²) in [7, 11) is 4.60. The number of benzene rings is 2. The number of para-hydroxylation sites is 1. The van der Waals surface area contributed by atoms with E-state index >= 15 is 0 Å². The van der Waals surface area contributed by atoms with Crippen molar-refractivity contribution in [3.8, 4) is 23.0 Å². The predicted octanol–water partition coefficient (Wildman–Crippen LogP) is 3.30. The molecule has 6 heteroatoms. The summed E-state index contributed by atoms with van der Waals surface area (Å²) in [6, 6.07) is 8.53. The summed E-state index contributed by atoms with van der Waals surface area (Å²) in [6.07, 6.45) is 0. The Kier molecular flexibility index (Phi) is 5.52. The van der Waals surface area contributed by atoms with Crippen molar-refractivity contribution < 1.29 is 28.8 Å². The van der Waals surface area contributed by atoms with Gasteiger partial charge in [-0.1, -0.05) is 12.1 Å². The number of ether oxygens (including phenoxy) is 4. The van der Waals surface area contributed by atoms with E-state index in [4.69, 9.17) is 18.9 Å². The number of hydrogen-bond acceptors (Lipinski definition) is 5. The first-order valence-corrected chi connectivity index (χ1v) is 7.26. The van der Waals surface area contributed by atoms with Crippen molar-refractivity contribution in [2.75, 3.05) is 21.3 Å². The van der Waals surface area contributed by atoms with Crippen molar-refractivity contribution in [1.82, 2.24) is 0 Å². The van der Waals surface area contributed by atoms with Gasteiger partial charge in [0.2, 0.25) is 5.75 Å². The third-order valence-corrected chi connectivity index (χ3v) is 3.55. The van der Waals surface area contributed by atoms with E-state index in [0.29, 0.717) is 23.0 Å². The van der Waals surface area contributed by atoms with Gasteiger partial charge in [0, 0.05) is 0 Å². The van der Waals surface area contributed by atoms with Crippen LogP contribution >= 0.6 is 0 Å². The van der Waals surface area contributed by atoms with Crippen LogP contribution in [0.5, 0.6) is 23.0 Å². The van der Waals surface area contributed by atoms with Crippen LogP contribution in [0, 0.1) is 6.92 Å². The monoisotopic (exact) mass is 332 g/mol. The van der Waals surface area contributed by atoms with Gasteiger partial charge in [0.05, 0.1) is 21.3 Å². The molecule has 0 spiro atoms. The largest absolute Gasteiger partial charge is 0.493 e. The van der Waals surface area contributed by atoms with Crippen LogP contribution in [0.1, 0.15) is 21.5 Å². The van der Waals surface area contributed by atoms with Crippen molar-refractivity contribution in [1.29, 1.82) is 0 Å². The molecule has 0 fully saturated rings. The van der Waals surface area contributed by atoms with Gasteiger partial charge in [0.1, 0.15) is 17.9 Å². The average molecular weight is 332 g/mol. The quantitative estimate of drug-likeness (QED) is 0.838. The van der Waals surface area contributed by atoms with Crippen LogP contribution in [0.4, 0.5) is 0 Å². The van der Waals surface area contributed by atoms with Crippen LogP contribution in [-0.4, -0.2) is 32.4 Å². The summed E-state index contributed by atoms with van der Waals surface area (Å²) >= 11 is 0. The normalized spacial score (nSPS) is 10.2. The Morgan fingerprint density at radius 2 is 1.62 bits per heavy atom. The lowest BCUT2D eigenvalue weighted by Crippen LogP contribution is -2.05. The highest BCUT2D eigenvalue weighted by Gasteiger charge is 2.16. The second-order valence-electron chi connectivity index (χ2n) is 5.08. The van der Waals surface area contributed by atoms with E-state index < -0.39 is 5.97 Å². The fourth-order valence-electron chi connectivity index (χ4n) is 2.39. The Hall–Kier alpha value is -2.89. The molecule has 0 aromatic heterocycles. The van der Waals surface area contributed by atoms with E-state index in [1.165, 1.54) is 27.4 Å². The molecule has 0 heterocycles. The molecule has 0 bridgehead atoms. The summed E-state index contributed by atoms with van der Waals surface area (Å²) in [5.41, 5.74) is 1.65. The van der Waals surface area contributed by atoms with E-state index in [9.17, 15) is 9.90 Å². The zero-order valence-electron chi connectivity index (χ0n) is 14.1. The molecule has 0 saturated heterocycles. The number of hydrogen-bond donors (Lipinski definition) is 1. The average Bonchev–Trinajstić information content (AvgIpc) is 2.59. The first-order valence-electron chi connectivity index (χ1n) is 7.26. The third kappa shape index (κ3) is 3.53. The van der Waals surface area contributed by atoms with Crippen LogP contribution in [0.2, 0.25) is 0 Å². The van der Waals surface area contributed by atoms with Gasteiger partial charge in [-0.2, -0.15) is 0 Å². The van der Waals surface area contributed by atoms with Crippen LogP contribution in [0.25, 0.3) is 0 Å². The molecule has 128 valence electrons. The lowest BCUT2D eigenvalue weighted by Gasteiger charge is -2.16. The van der Waals surface area contributed by atoms with Crippen LogP contribution in [-0.2, 0) is 6.61 Å². The summed E-state index contributed by atoms with van der Waals surface area (Å²) in [5, 5.41) is 9.28. The smallest absolute Gasteiger partial charge is 0.339 e. The lowest BCUT2D eigenvalue weighted by atomic mass is 10.1. The van der Waals surface area contributed by atoms with E-state index in [1.54, 1.807) is 31.2 Å². The fraction of sp³-hybridized carbons (Fsp3) is 0.278. The Balaban J connectivity index is 2.32. The molecule has 0 saturated carbocycles. The van der Waals surface area contributed by atoms with Gasteiger partial charge >= 0.3 is 5.97 Å². The molecular formula is C18H20O6. The Bertz CT molecular complexity index is 713. The van der Waals surface area contributed by atoms with Gasteiger partial charge in [-0.3, -0.25) is 0 Å². The van der Waals surface area contributed by atoms with Crippen LogP contribution in [0.3, 0.4) is 0 Å². The summed E-state index contributed by atoms with van der Waals surface area (Å²) in [5.74, 6) is 0.834. The van der Waals surface area contributed by atoms with Crippen LogP contribution < -0.4 is 18.9 Å². The number of aromatic carboxylic acids is 1. The number of carbonyl (C=O) groups is 1. The highest BCUT2D eigenvalue weighted by atomic mass is 16.5. The van der Waals surface area contributed by atoms with Gasteiger partial charge in [-0.05, 0) is 36.2 Å². The number of carboxylic acid groups (broad SMARTS) is 1. The van der Waals surface area contributed by atoms with Gasteiger partial charge in [-0.25, -0.2) is 4.79 Å². The topological polar surface area (TPSA) is 74.2 Å². The molecule has 0 unspecified atom stereocenters. The van der Waals surface area contributed by atoms with E-state index in [-0.39, 0.29) is 12.2 Å². The minimum absolute atomic E-state index is 0.127. The molecule has 2 rings (SSSR count). The SMILES string of the molecule is COc1cc(COc2c(C)cccc2C(=O)O)cc(OC)c1OC. The molecule has 6 nitrogen and oxygen atoms in total. The first kappa shape index (κ1) is 17.5. The standard InChI is InChI=1S/C18H20O6/c1-11-6-5-7-13(18(19)20)16(11)24-10-12-8-14(21-2)17(23-4)15(9-12)22-3/h5-9H,10H2,1-4H3,(H,19,20). The zero-order chi connectivity index (χ0) is 17.7. The Morgan fingerprint density at radius 3 is 2.12 bits per heavy atom. The van der Waals surface area contributed by atoms with E-state index in [2.05, 4.69) is 0 Å². The highest BCUT2D eigenvalue weighted by Crippen LogP contribution is 2.38. The van der Waals surface area contributed by atoms with E-state index in [0.717, 1.165) is 11.1 Å². The van der Waals surface area contributed by atoms with Crippen molar-refractivity contribution in [3.05, 3.63) is 47.0 Å². The molecule has 0 aliphatic rings. The van der Waals surface area contributed by atoms with Crippen molar-refractivity contribution in [2.45, 2.75) is 13.5 Å². The molecule has 2 aromatic rings. The second-order valence-corrected chi connectivity index (χ2v) is 5.08. The number of aryl methyl sites for hydroxylation is 1. The number of carboxylic acids is 1. The predicted molar refractivity (Wildman–Crippen MR) is 88.6 cm³/mol. The van der Waals surface area contributed by atoms with Crippen LogP contribution in [0.15, 0.2) is 30.3 Å². The third-order valence-electron chi connectivity index (χ3n) is 3.55. The van der Waals surface area contributed by atoms with Crippen molar-refractivity contribution in [2.24, 2.45) is 0 Å². The van der Waals surface area contributed by atoms with Gasteiger partial charge in [-0.15, -0.1) is 0 Å². The Labute approximate surface area is 140 Å². The molecule has 0 atom stereocenters. The number of rotatable bonds is 7. The lowest BCUT2D eigenvalue weighted by molar-refractivity contribution is 0.0691. The summed E-state index contributed by atoms with van der Waals surface area (Å²) in [6.45, 7) is 1.97.